The summed E-state index contributed by atoms with van der Waals surface area (Å²) in [5, 5.41) is 15.2. The first-order valence-electron chi connectivity index (χ1n) is 10.5. The summed E-state index contributed by atoms with van der Waals surface area (Å²) in [4.78, 5) is 30.5. The summed E-state index contributed by atoms with van der Waals surface area (Å²) in [7, 11) is 0. The molecule has 3 N–H and O–H groups in total. The molecule has 1 unspecified atom stereocenters. The number of carbonyl (C=O) groups is 2. The number of halogens is 2. The third-order valence-corrected chi connectivity index (χ3v) is 5.22. The highest BCUT2D eigenvalue weighted by Crippen LogP contribution is 2.20. The molecule has 2 heterocycles. The Hall–Kier alpha value is -2.95. The fourth-order valence-electron chi connectivity index (χ4n) is 3.10. The molecule has 0 saturated carbocycles. The predicted octanol–water partition coefficient (Wildman–Crippen LogP) is 1.39. The van der Waals surface area contributed by atoms with E-state index in [1.54, 1.807) is 12.3 Å². The minimum absolute atomic E-state index is 0.0161. The maximum Gasteiger partial charge on any atom is 0.269 e. The Morgan fingerprint density at radius 2 is 2.03 bits per heavy atom. The van der Waals surface area contributed by atoms with Crippen LogP contribution in [-0.2, 0) is 9.53 Å². The van der Waals surface area contributed by atoms with Gasteiger partial charge in [-0.1, -0.05) is 11.6 Å². The van der Waals surface area contributed by atoms with Gasteiger partial charge in [-0.3, -0.25) is 14.6 Å². The lowest BCUT2D eigenvalue weighted by molar-refractivity contribution is -0.123. The largest absolute Gasteiger partial charge is 0.484 e. The van der Waals surface area contributed by atoms with Gasteiger partial charge >= 0.3 is 0 Å². The van der Waals surface area contributed by atoms with Gasteiger partial charge in [-0.2, -0.15) is 0 Å². The smallest absolute Gasteiger partial charge is 0.269 e. The number of morpholine rings is 1. The van der Waals surface area contributed by atoms with Crippen molar-refractivity contribution < 1.29 is 28.6 Å². The van der Waals surface area contributed by atoms with E-state index in [2.05, 4.69) is 20.5 Å². The number of aliphatic hydroxyl groups excluding tert-OH is 1. The van der Waals surface area contributed by atoms with Gasteiger partial charge in [0, 0.05) is 44.1 Å². The monoisotopic (exact) mass is 480 g/mol. The van der Waals surface area contributed by atoms with Crippen molar-refractivity contribution >= 4 is 29.1 Å². The molecule has 9 nitrogen and oxygen atoms in total. The molecule has 1 aliphatic heterocycles. The molecule has 178 valence electrons. The van der Waals surface area contributed by atoms with Gasteiger partial charge in [0.25, 0.3) is 11.8 Å². The van der Waals surface area contributed by atoms with E-state index in [9.17, 15) is 19.1 Å². The van der Waals surface area contributed by atoms with Crippen molar-refractivity contribution in [2.24, 2.45) is 0 Å². The van der Waals surface area contributed by atoms with Gasteiger partial charge in [0.1, 0.15) is 17.3 Å². The number of hydrogen-bond acceptors (Lipinski definition) is 7. The molecule has 1 aromatic heterocycles. The number of pyridine rings is 1. The van der Waals surface area contributed by atoms with E-state index >= 15 is 0 Å². The number of nitrogens with one attached hydrogen (secondary N) is 2. The van der Waals surface area contributed by atoms with Gasteiger partial charge in [0.05, 0.1) is 24.3 Å². The van der Waals surface area contributed by atoms with Crippen molar-refractivity contribution in [2.45, 2.75) is 12.5 Å². The summed E-state index contributed by atoms with van der Waals surface area (Å²) in [5.74, 6) is -1.29. The number of rotatable bonds is 10. The number of anilines is 1. The second-order valence-electron chi connectivity index (χ2n) is 7.37. The van der Waals surface area contributed by atoms with E-state index in [1.807, 2.05) is 6.07 Å². The van der Waals surface area contributed by atoms with Crippen molar-refractivity contribution in [3.8, 4) is 5.75 Å². The Kier molecular flexibility index (Phi) is 9.23. The second kappa shape index (κ2) is 12.3. The summed E-state index contributed by atoms with van der Waals surface area (Å²) in [6.45, 7) is 2.65. The molecule has 1 aromatic carbocycles. The molecule has 11 heteroatoms. The van der Waals surface area contributed by atoms with Crippen LogP contribution in [0.1, 0.15) is 16.9 Å². The summed E-state index contributed by atoms with van der Waals surface area (Å²) in [6.07, 6.45) is 0.957. The van der Waals surface area contributed by atoms with Gasteiger partial charge in [-0.25, -0.2) is 4.39 Å². The van der Waals surface area contributed by atoms with Crippen LogP contribution in [0.4, 0.5) is 10.1 Å². The van der Waals surface area contributed by atoms with Crippen molar-refractivity contribution in [2.75, 3.05) is 50.9 Å². The molecule has 0 radical (unpaired) electrons. The highest BCUT2D eigenvalue weighted by atomic mass is 35.5. The summed E-state index contributed by atoms with van der Waals surface area (Å²) >= 11 is 5.59. The number of aromatic nitrogens is 1. The second-order valence-corrected chi connectivity index (χ2v) is 7.77. The van der Waals surface area contributed by atoms with E-state index in [-0.39, 0.29) is 48.5 Å². The lowest BCUT2D eigenvalue weighted by atomic mass is 10.2. The van der Waals surface area contributed by atoms with Crippen molar-refractivity contribution in [3.05, 3.63) is 53.1 Å². The van der Waals surface area contributed by atoms with E-state index in [1.165, 1.54) is 12.1 Å². The zero-order chi connectivity index (χ0) is 23.6. The average molecular weight is 481 g/mol. The van der Waals surface area contributed by atoms with Crippen molar-refractivity contribution in [1.29, 1.82) is 0 Å². The third kappa shape index (κ3) is 7.85. The summed E-state index contributed by atoms with van der Waals surface area (Å²) in [6, 6.07) is 7.43. The molecule has 2 amide bonds. The van der Waals surface area contributed by atoms with Gasteiger partial charge in [-0.05, 0) is 30.7 Å². The van der Waals surface area contributed by atoms with Crippen molar-refractivity contribution in [1.82, 2.24) is 15.6 Å². The average Bonchev–Trinajstić information content (AvgIpc) is 2.84. The first-order chi connectivity index (χ1) is 15.9. The summed E-state index contributed by atoms with van der Waals surface area (Å²) in [5.41, 5.74) is 1.20. The molecular weight excluding hydrogens is 455 g/mol. The fraction of sp³-hybridized carbons (Fsp3) is 0.409. The number of nitrogens with zero attached hydrogens (tertiary/aromatic N) is 2. The van der Waals surface area contributed by atoms with Crippen LogP contribution in [-0.4, -0.2) is 74.0 Å². The van der Waals surface area contributed by atoms with E-state index < -0.39 is 17.8 Å². The van der Waals surface area contributed by atoms with Crippen LogP contribution >= 0.6 is 11.6 Å². The Bertz CT molecular complexity index is 958. The molecule has 0 spiro atoms. The number of hydrogen-bond donors (Lipinski definition) is 3. The van der Waals surface area contributed by atoms with Crippen LogP contribution in [0.5, 0.6) is 5.75 Å². The highest BCUT2D eigenvalue weighted by Gasteiger charge is 2.15. The van der Waals surface area contributed by atoms with Crippen molar-refractivity contribution in [3.63, 3.8) is 0 Å². The van der Waals surface area contributed by atoms with E-state index in [0.717, 1.165) is 24.8 Å². The molecule has 0 aliphatic carbocycles. The SMILES string of the molecule is O=C(COc1ccc(Cl)c(F)c1)NCC(O)CCNC(=O)c1cc(N2CCOCC2)ccn1. The molecule has 1 aliphatic rings. The lowest BCUT2D eigenvalue weighted by Crippen LogP contribution is -2.37. The van der Waals surface area contributed by atoms with Crippen LogP contribution in [0.2, 0.25) is 5.02 Å². The number of amides is 2. The van der Waals surface area contributed by atoms with E-state index in [4.69, 9.17) is 21.1 Å². The number of ether oxygens (including phenoxy) is 2. The Morgan fingerprint density at radius 3 is 2.79 bits per heavy atom. The van der Waals surface area contributed by atoms with E-state index in [0.29, 0.717) is 13.2 Å². The normalized spacial score (nSPS) is 14.5. The number of carbonyl (C=O) groups excluding carboxylic acids is 2. The molecular formula is C22H26ClFN4O5. The quantitative estimate of drug-likeness (QED) is 0.471. The maximum absolute atomic E-state index is 13.4. The molecule has 33 heavy (non-hydrogen) atoms. The Morgan fingerprint density at radius 1 is 1.24 bits per heavy atom. The topological polar surface area (TPSA) is 113 Å². The third-order valence-electron chi connectivity index (χ3n) is 4.91. The number of benzene rings is 1. The molecule has 1 saturated heterocycles. The highest BCUT2D eigenvalue weighted by molar-refractivity contribution is 6.30. The van der Waals surface area contributed by atoms with Crippen LogP contribution < -0.4 is 20.3 Å². The predicted molar refractivity (Wildman–Crippen MR) is 120 cm³/mol. The lowest BCUT2D eigenvalue weighted by Gasteiger charge is -2.28. The molecule has 1 atom stereocenters. The minimum atomic E-state index is -0.866. The Balaban J connectivity index is 1.34. The minimum Gasteiger partial charge on any atom is -0.484 e. The van der Waals surface area contributed by atoms with Crippen LogP contribution in [0.25, 0.3) is 0 Å². The van der Waals surface area contributed by atoms with Crippen LogP contribution in [0.3, 0.4) is 0 Å². The Labute approximate surface area is 195 Å². The maximum atomic E-state index is 13.4. The first kappa shape index (κ1) is 24.7. The van der Waals surface area contributed by atoms with Gasteiger partial charge < -0.3 is 30.1 Å². The molecule has 0 bridgehead atoms. The first-order valence-corrected chi connectivity index (χ1v) is 10.9. The molecule has 1 fully saturated rings. The zero-order valence-electron chi connectivity index (χ0n) is 17.9. The van der Waals surface area contributed by atoms with Gasteiger partial charge in [0.2, 0.25) is 0 Å². The summed E-state index contributed by atoms with van der Waals surface area (Å²) < 4.78 is 23.9. The molecule has 3 rings (SSSR count). The van der Waals surface area contributed by atoms with Crippen LogP contribution in [0.15, 0.2) is 36.5 Å². The molecule has 2 aromatic rings. The number of aliphatic hydroxyl groups is 1. The van der Waals surface area contributed by atoms with Gasteiger partial charge in [0.15, 0.2) is 6.61 Å². The van der Waals surface area contributed by atoms with Gasteiger partial charge in [-0.15, -0.1) is 0 Å². The standard InChI is InChI=1S/C22H26ClFN4O5/c23-18-2-1-17(12-19(18)24)33-14-21(30)27-13-16(29)4-6-26-22(31)20-11-15(3-5-25-20)28-7-9-32-10-8-28/h1-3,5,11-12,16,29H,4,6-10,13-14H2,(H,26,31)(H,27,30). The zero-order valence-corrected chi connectivity index (χ0v) is 18.7. The van der Waals surface area contributed by atoms with Crippen LogP contribution in [0, 0.1) is 5.82 Å². The fourth-order valence-corrected chi connectivity index (χ4v) is 3.22.